The molecule has 0 radical (unpaired) electrons. The van der Waals surface area contributed by atoms with Crippen molar-refractivity contribution in [1.82, 2.24) is 9.88 Å². The van der Waals surface area contributed by atoms with Gasteiger partial charge in [0.25, 0.3) is 0 Å². The van der Waals surface area contributed by atoms with Crippen molar-refractivity contribution in [3.05, 3.63) is 29.0 Å². The summed E-state index contributed by atoms with van der Waals surface area (Å²) in [7, 11) is 3.35. The summed E-state index contributed by atoms with van der Waals surface area (Å²) in [6.07, 6.45) is 0.377. The fraction of sp³-hybridized carbons (Fsp3) is 0.429. The van der Waals surface area contributed by atoms with Crippen LogP contribution < -0.4 is 0 Å². The second kappa shape index (κ2) is 6.67. The van der Waals surface area contributed by atoms with Gasteiger partial charge in [-0.1, -0.05) is 6.07 Å². The highest BCUT2D eigenvalue weighted by Gasteiger charge is 2.14. The first-order valence-electron chi connectivity index (χ1n) is 6.35. The second-order valence-corrected chi connectivity index (χ2v) is 5.51. The number of thiophene rings is 1. The zero-order valence-electron chi connectivity index (χ0n) is 11.9. The van der Waals surface area contributed by atoms with Gasteiger partial charge in [0.15, 0.2) is 0 Å². The number of carbonyl (C=O) groups excluding carboxylic acids is 1. The molecular formula is C14H18N2O3S. The maximum atomic E-state index is 11.1. The zero-order valence-corrected chi connectivity index (χ0v) is 12.7. The molecule has 108 valence electrons. The summed E-state index contributed by atoms with van der Waals surface area (Å²) >= 11 is 1.60. The molecule has 0 saturated carbocycles. The van der Waals surface area contributed by atoms with E-state index in [1.54, 1.807) is 11.3 Å². The van der Waals surface area contributed by atoms with E-state index in [1.165, 1.54) is 7.11 Å². The fourth-order valence-electron chi connectivity index (χ4n) is 1.80. The number of aryl methyl sites for hydroxylation is 1. The maximum Gasteiger partial charge on any atom is 0.306 e. The summed E-state index contributed by atoms with van der Waals surface area (Å²) < 4.78 is 10.3. The first kappa shape index (κ1) is 14.7. The van der Waals surface area contributed by atoms with Crippen LogP contribution in [0.1, 0.15) is 17.9 Å². The van der Waals surface area contributed by atoms with Gasteiger partial charge in [-0.25, -0.2) is 4.98 Å². The molecule has 2 aromatic rings. The minimum absolute atomic E-state index is 0.201. The summed E-state index contributed by atoms with van der Waals surface area (Å²) in [5.74, 6) is 1.28. The van der Waals surface area contributed by atoms with Gasteiger partial charge >= 0.3 is 5.97 Å². The first-order valence-corrected chi connectivity index (χ1v) is 7.23. The van der Waals surface area contributed by atoms with Gasteiger partial charge in [0.2, 0.25) is 5.89 Å². The summed E-state index contributed by atoms with van der Waals surface area (Å²) in [6, 6.07) is 3.96. The Hall–Kier alpha value is -1.66. The van der Waals surface area contributed by atoms with E-state index in [1.807, 2.05) is 36.4 Å². The van der Waals surface area contributed by atoms with Gasteiger partial charge < -0.3 is 9.15 Å². The Balaban J connectivity index is 1.97. The molecule has 2 aromatic heterocycles. The quantitative estimate of drug-likeness (QED) is 0.767. The third kappa shape index (κ3) is 3.68. The molecule has 6 heteroatoms. The molecule has 5 nitrogen and oxygen atoms in total. The van der Waals surface area contributed by atoms with Gasteiger partial charge in [-0.05, 0) is 25.4 Å². The van der Waals surface area contributed by atoms with Crippen molar-refractivity contribution in [2.75, 3.05) is 20.7 Å². The molecule has 0 amide bonds. The largest absolute Gasteiger partial charge is 0.469 e. The molecule has 0 spiro atoms. The van der Waals surface area contributed by atoms with Gasteiger partial charge in [0, 0.05) is 13.1 Å². The van der Waals surface area contributed by atoms with Crippen molar-refractivity contribution in [3.8, 4) is 10.8 Å². The average molecular weight is 294 g/mol. The predicted octanol–water partition coefficient (Wildman–Crippen LogP) is 2.71. The molecule has 0 aliphatic carbocycles. The number of methoxy groups -OCH3 is 1. The Morgan fingerprint density at radius 2 is 2.35 bits per heavy atom. The standard InChI is InChI=1S/C14H18N2O3S/c1-10-11(9-16(2)7-6-13(17)18-3)15-14(19-10)12-5-4-8-20-12/h4-5,8H,6-7,9H2,1-3H3. The number of nitrogens with zero attached hydrogens (tertiary/aromatic N) is 2. The molecule has 0 aromatic carbocycles. The normalized spacial score (nSPS) is 11.0. The van der Waals surface area contributed by atoms with E-state index in [2.05, 4.69) is 9.72 Å². The number of aromatic nitrogens is 1. The second-order valence-electron chi connectivity index (χ2n) is 4.56. The van der Waals surface area contributed by atoms with Crippen molar-refractivity contribution in [2.24, 2.45) is 0 Å². The number of esters is 1. The third-order valence-corrected chi connectivity index (χ3v) is 3.83. The highest BCUT2D eigenvalue weighted by Crippen LogP contribution is 2.26. The van der Waals surface area contributed by atoms with Gasteiger partial charge in [0.05, 0.1) is 24.1 Å². The fourth-order valence-corrected chi connectivity index (χ4v) is 2.45. The van der Waals surface area contributed by atoms with Gasteiger partial charge in [0.1, 0.15) is 5.76 Å². The Morgan fingerprint density at radius 1 is 1.55 bits per heavy atom. The number of rotatable bonds is 6. The topological polar surface area (TPSA) is 55.6 Å². The summed E-state index contributed by atoms with van der Waals surface area (Å²) in [4.78, 5) is 18.7. The van der Waals surface area contributed by atoms with Crippen LogP contribution in [0.25, 0.3) is 10.8 Å². The van der Waals surface area contributed by atoms with Crippen molar-refractivity contribution in [3.63, 3.8) is 0 Å². The molecule has 0 aliphatic heterocycles. The molecule has 0 fully saturated rings. The van der Waals surface area contributed by atoms with E-state index in [0.717, 1.165) is 16.3 Å². The minimum atomic E-state index is -0.201. The highest BCUT2D eigenvalue weighted by atomic mass is 32.1. The van der Waals surface area contributed by atoms with E-state index in [-0.39, 0.29) is 5.97 Å². The molecule has 0 unspecified atom stereocenters. The van der Waals surface area contributed by atoms with Gasteiger partial charge in [-0.2, -0.15) is 0 Å². The lowest BCUT2D eigenvalue weighted by atomic mass is 10.3. The molecule has 0 atom stereocenters. The number of ether oxygens (including phenoxy) is 1. The first-order chi connectivity index (χ1) is 9.60. The van der Waals surface area contributed by atoms with E-state index in [4.69, 9.17) is 4.42 Å². The van der Waals surface area contributed by atoms with Crippen LogP contribution in [0, 0.1) is 6.92 Å². The van der Waals surface area contributed by atoms with Gasteiger partial charge in [-0.3, -0.25) is 9.69 Å². The van der Waals surface area contributed by atoms with Crippen LogP contribution >= 0.6 is 11.3 Å². The molecule has 0 bridgehead atoms. The van der Waals surface area contributed by atoms with E-state index >= 15 is 0 Å². The van der Waals surface area contributed by atoms with Crippen LogP contribution in [0.3, 0.4) is 0 Å². The summed E-state index contributed by atoms with van der Waals surface area (Å²) in [6.45, 7) is 3.19. The van der Waals surface area contributed by atoms with Crippen LogP contribution in [-0.4, -0.2) is 36.6 Å². The van der Waals surface area contributed by atoms with Crippen LogP contribution in [0.5, 0.6) is 0 Å². The van der Waals surface area contributed by atoms with Crippen molar-refractivity contribution < 1.29 is 13.9 Å². The van der Waals surface area contributed by atoms with Crippen molar-refractivity contribution >= 4 is 17.3 Å². The van der Waals surface area contributed by atoms with Crippen LogP contribution in [0.4, 0.5) is 0 Å². The van der Waals surface area contributed by atoms with E-state index in [9.17, 15) is 4.79 Å². The molecular weight excluding hydrogens is 276 g/mol. The third-order valence-electron chi connectivity index (χ3n) is 2.97. The minimum Gasteiger partial charge on any atom is -0.469 e. The van der Waals surface area contributed by atoms with Crippen LogP contribution in [0.15, 0.2) is 21.9 Å². The lowest BCUT2D eigenvalue weighted by Crippen LogP contribution is -2.22. The lowest BCUT2D eigenvalue weighted by Gasteiger charge is -2.14. The summed E-state index contributed by atoms with van der Waals surface area (Å²) in [5, 5.41) is 2.00. The highest BCUT2D eigenvalue weighted by molar-refractivity contribution is 7.13. The Kier molecular flexibility index (Phi) is 4.92. The average Bonchev–Trinajstić information content (AvgIpc) is 3.06. The molecule has 2 rings (SSSR count). The van der Waals surface area contributed by atoms with E-state index in [0.29, 0.717) is 25.4 Å². The number of carbonyl (C=O) groups is 1. The molecule has 0 N–H and O–H groups in total. The number of hydrogen-bond donors (Lipinski definition) is 0. The van der Waals surface area contributed by atoms with Crippen LogP contribution in [-0.2, 0) is 16.1 Å². The number of hydrogen-bond acceptors (Lipinski definition) is 6. The number of oxazole rings is 1. The Labute approximate surface area is 122 Å². The summed E-state index contributed by atoms with van der Waals surface area (Å²) in [5.41, 5.74) is 0.903. The van der Waals surface area contributed by atoms with Crippen molar-refractivity contribution in [2.45, 2.75) is 19.9 Å². The van der Waals surface area contributed by atoms with Crippen LogP contribution in [0.2, 0.25) is 0 Å². The molecule has 2 heterocycles. The van der Waals surface area contributed by atoms with Crippen molar-refractivity contribution in [1.29, 1.82) is 0 Å². The monoisotopic (exact) mass is 294 g/mol. The molecule has 0 saturated heterocycles. The maximum absolute atomic E-state index is 11.1. The molecule has 20 heavy (non-hydrogen) atoms. The smallest absolute Gasteiger partial charge is 0.306 e. The molecule has 0 aliphatic rings. The van der Waals surface area contributed by atoms with E-state index < -0.39 is 0 Å². The predicted molar refractivity (Wildman–Crippen MR) is 77.5 cm³/mol. The Morgan fingerprint density at radius 3 is 3.00 bits per heavy atom. The zero-order chi connectivity index (χ0) is 14.5. The van der Waals surface area contributed by atoms with Gasteiger partial charge in [-0.15, -0.1) is 11.3 Å². The SMILES string of the molecule is COC(=O)CCN(C)Cc1nc(-c2cccs2)oc1C. The Bertz CT molecular complexity index is 563. The lowest BCUT2D eigenvalue weighted by molar-refractivity contribution is -0.140.